The Morgan fingerprint density at radius 1 is 1.35 bits per heavy atom. The highest BCUT2D eigenvalue weighted by molar-refractivity contribution is 5.10. The molecule has 1 aliphatic heterocycles. The molecule has 1 aromatic heterocycles. The first-order chi connectivity index (χ1) is 8.33. The maximum absolute atomic E-state index is 4.56. The van der Waals surface area contributed by atoms with Gasteiger partial charge in [-0.15, -0.1) is 0 Å². The number of hydrogen-bond acceptors (Lipinski definition) is 3. The molecule has 0 spiro atoms. The van der Waals surface area contributed by atoms with E-state index in [2.05, 4.69) is 41.2 Å². The van der Waals surface area contributed by atoms with Crippen LogP contribution in [0.4, 0.5) is 0 Å². The van der Waals surface area contributed by atoms with Crippen LogP contribution in [0.2, 0.25) is 0 Å². The van der Waals surface area contributed by atoms with E-state index in [9.17, 15) is 0 Å². The van der Waals surface area contributed by atoms with E-state index in [1.165, 1.54) is 12.1 Å². The largest absolute Gasteiger partial charge is 0.314 e. The molecule has 1 N–H and O–H groups in total. The highest BCUT2D eigenvalue weighted by Crippen LogP contribution is 2.29. The summed E-state index contributed by atoms with van der Waals surface area (Å²) in [7, 11) is 0. The first kappa shape index (κ1) is 12.5. The average molecular weight is 233 g/mol. The number of rotatable bonds is 4. The number of nitrogens with zero attached hydrogens (tertiary/aromatic N) is 2. The van der Waals surface area contributed by atoms with E-state index >= 15 is 0 Å². The zero-order chi connectivity index (χ0) is 12.1. The SMILES string of the molecule is CCC(C)[C@H](c1ccccn1)N1CCNCC1. The third-order valence-corrected chi connectivity index (χ3v) is 3.72. The van der Waals surface area contributed by atoms with Gasteiger partial charge in [-0.3, -0.25) is 9.88 Å². The lowest BCUT2D eigenvalue weighted by molar-refractivity contribution is 0.125. The Bertz CT molecular complexity index is 319. The molecule has 1 saturated heterocycles. The van der Waals surface area contributed by atoms with E-state index in [1.54, 1.807) is 0 Å². The van der Waals surface area contributed by atoms with Gasteiger partial charge in [-0.25, -0.2) is 0 Å². The summed E-state index contributed by atoms with van der Waals surface area (Å²) in [6.07, 6.45) is 3.11. The van der Waals surface area contributed by atoms with Crippen molar-refractivity contribution in [2.24, 2.45) is 5.92 Å². The van der Waals surface area contributed by atoms with Gasteiger partial charge in [0.2, 0.25) is 0 Å². The van der Waals surface area contributed by atoms with Crippen LogP contribution in [0.3, 0.4) is 0 Å². The molecule has 1 fully saturated rings. The molecule has 1 aromatic rings. The van der Waals surface area contributed by atoms with Crippen molar-refractivity contribution in [3.05, 3.63) is 30.1 Å². The van der Waals surface area contributed by atoms with Crippen LogP contribution in [0.15, 0.2) is 24.4 Å². The molecule has 3 heteroatoms. The molecule has 0 aliphatic carbocycles. The minimum atomic E-state index is 0.475. The van der Waals surface area contributed by atoms with Gasteiger partial charge >= 0.3 is 0 Å². The summed E-state index contributed by atoms with van der Waals surface area (Å²) in [5, 5.41) is 3.42. The molecule has 0 aromatic carbocycles. The Morgan fingerprint density at radius 3 is 2.71 bits per heavy atom. The predicted octanol–water partition coefficient (Wildman–Crippen LogP) is 2.07. The highest BCUT2D eigenvalue weighted by atomic mass is 15.2. The van der Waals surface area contributed by atoms with Crippen LogP contribution < -0.4 is 5.32 Å². The Labute approximate surface area is 104 Å². The number of hydrogen-bond donors (Lipinski definition) is 1. The number of aromatic nitrogens is 1. The topological polar surface area (TPSA) is 28.2 Å². The fraction of sp³-hybridized carbons (Fsp3) is 0.643. The molecule has 1 unspecified atom stereocenters. The van der Waals surface area contributed by atoms with Gasteiger partial charge in [0.25, 0.3) is 0 Å². The Hall–Kier alpha value is -0.930. The van der Waals surface area contributed by atoms with E-state index in [-0.39, 0.29) is 0 Å². The Morgan fingerprint density at radius 2 is 2.12 bits per heavy atom. The van der Waals surface area contributed by atoms with E-state index in [0.717, 1.165) is 26.2 Å². The van der Waals surface area contributed by atoms with Gasteiger partial charge in [-0.2, -0.15) is 0 Å². The molecule has 0 bridgehead atoms. The zero-order valence-electron chi connectivity index (χ0n) is 10.9. The molecule has 94 valence electrons. The van der Waals surface area contributed by atoms with Crippen molar-refractivity contribution >= 4 is 0 Å². The molecule has 0 saturated carbocycles. The standard InChI is InChI=1S/C14H23N3/c1-3-12(2)14(13-6-4-5-7-16-13)17-10-8-15-9-11-17/h4-7,12,14-15H,3,8-11H2,1-2H3/t12?,14-/m1/s1. The van der Waals surface area contributed by atoms with Crippen molar-refractivity contribution in [2.45, 2.75) is 26.3 Å². The average Bonchev–Trinajstić information content (AvgIpc) is 2.41. The lowest BCUT2D eigenvalue weighted by Crippen LogP contribution is -2.46. The van der Waals surface area contributed by atoms with Crippen LogP contribution in [-0.2, 0) is 0 Å². The minimum absolute atomic E-state index is 0.475. The van der Waals surface area contributed by atoms with E-state index in [4.69, 9.17) is 0 Å². The summed E-state index contributed by atoms with van der Waals surface area (Å²) in [5.41, 5.74) is 1.23. The van der Waals surface area contributed by atoms with E-state index in [1.807, 2.05) is 12.3 Å². The zero-order valence-corrected chi connectivity index (χ0v) is 10.9. The molecule has 17 heavy (non-hydrogen) atoms. The van der Waals surface area contributed by atoms with Gasteiger partial charge in [-0.1, -0.05) is 26.3 Å². The number of nitrogens with one attached hydrogen (secondary N) is 1. The van der Waals surface area contributed by atoms with Crippen LogP contribution in [0.5, 0.6) is 0 Å². The summed E-state index contributed by atoms with van der Waals surface area (Å²) in [6, 6.07) is 6.73. The summed E-state index contributed by atoms with van der Waals surface area (Å²) >= 11 is 0. The second-order valence-electron chi connectivity index (χ2n) is 4.87. The summed E-state index contributed by atoms with van der Waals surface area (Å²) in [5.74, 6) is 0.656. The predicted molar refractivity (Wildman–Crippen MR) is 70.9 cm³/mol. The normalized spacial score (nSPS) is 21.1. The molecule has 1 aliphatic rings. The van der Waals surface area contributed by atoms with Gasteiger partial charge in [-0.05, 0) is 18.1 Å². The third-order valence-electron chi connectivity index (χ3n) is 3.72. The van der Waals surface area contributed by atoms with Crippen LogP contribution in [0.25, 0.3) is 0 Å². The molecule has 2 rings (SSSR count). The van der Waals surface area contributed by atoms with Crippen LogP contribution >= 0.6 is 0 Å². The lowest BCUT2D eigenvalue weighted by Gasteiger charge is -2.37. The van der Waals surface area contributed by atoms with Gasteiger partial charge < -0.3 is 5.32 Å². The van der Waals surface area contributed by atoms with E-state index < -0.39 is 0 Å². The molecule has 2 atom stereocenters. The molecule has 0 amide bonds. The molecular weight excluding hydrogens is 210 g/mol. The van der Waals surface area contributed by atoms with E-state index in [0.29, 0.717) is 12.0 Å². The van der Waals surface area contributed by atoms with Crippen molar-refractivity contribution < 1.29 is 0 Å². The van der Waals surface area contributed by atoms with Crippen molar-refractivity contribution in [1.82, 2.24) is 15.2 Å². The minimum Gasteiger partial charge on any atom is -0.314 e. The quantitative estimate of drug-likeness (QED) is 0.863. The van der Waals surface area contributed by atoms with Crippen molar-refractivity contribution in [1.29, 1.82) is 0 Å². The maximum Gasteiger partial charge on any atom is 0.0578 e. The maximum atomic E-state index is 4.56. The Kier molecular flexibility index (Phi) is 4.51. The van der Waals surface area contributed by atoms with Crippen LogP contribution in [-0.4, -0.2) is 36.1 Å². The highest BCUT2D eigenvalue weighted by Gasteiger charge is 2.26. The smallest absolute Gasteiger partial charge is 0.0578 e. The molecule has 3 nitrogen and oxygen atoms in total. The molecular formula is C14H23N3. The lowest BCUT2D eigenvalue weighted by atomic mass is 9.94. The number of piperazine rings is 1. The van der Waals surface area contributed by atoms with Gasteiger partial charge in [0.15, 0.2) is 0 Å². The summed E-state index contributed by atoms with van der Waals surface area (Å²) in [4.78, 5) is 7.14. The summed E-state index contributed by atoms with van der Waals surface area (Å²) < 4.78 is 0. The fourth-order valence-electron chi connectivity index (χ4n) is 2.57. The molecule has 0 radical (unpaired) electrons. The first-order valence-electron chi connectivity index (χ1n) is 6.68. The third kappa shape index (κ3) is 3.05. The second-order valence-corrected chi connectivity index (χ2v) is 4.87. The Balaban J connectivity index is 2.18. The fourth-order valence-corrected chi connectivity index (χ4v) is 2.57. The van der Waals surface area contributed by atoms with Crippen molar-refractivity contribution in [2.75, 3.05) is 26.2 Å². The van der Waals surface area contributed by atoms with Crippen molar-refractivity contribution in [3.8, 4) is 0 Å². The van der Waals surface area contributed by atoms with Crippen molar-refractivity contribution in [3.63, 3.8) is 0 Å². The van der Waals surface area contributed by atoms with Gasteiger partial charge in [0.1, 0.15) is 0 Å². The van der Waals surface area contributed by atoms with Crippen LogP contribution in [0, 0.1) is 5.92 Å². The summed E-state index contributed by atoms with van der Waals surface area (Å²) in [6.45, 7) is 9.06. The number of pyridine rings is 1. The van der Waals surface area contributed by atoms with Gasteiger partial charge in [0.05, 0.1) is 11.7 Å². The molecule has 2 heterocycles. The first-order valence-corrected chi connectivity index (χ1v) is 6.68. The second kappa shape index (κ2) is 6.12. The monoisotopic (exact) mass is 233 g/mol. The van der Waals surface area contributed by atoms with Gasteiger partial charge in [0, 0.05) is 32.4 Å². The van der Waals surface area contributed by atoms with Crippen LogP contribution in [0.1, 0.15) is 32.0 Å².